The summed E-state index contributed by atoms with van der Waals surface area (Å²) in [5.41, 5.74) is 1.01. The molecular weight excluding hydrogens is 314 g/mol. The molecule has 0 spiro atoms. The van der Waals surface area contributed by atoms with E-state index in [1.165, 1.54) is 25.9 Å². The van der Waals surface area contributed by atoms with Gasteiger partial charge < -0.3 is 4.90 Å². The van der Waals surface area contributed by atoms with E-state index in [4.69, 9.17) is 4.98 Å². The Kier molecular flexibility index (Phi) is 6.25. The van der Waals surface area contributed by atoms with Crippen LogP contribution < -0.4 is 5.56 Å². The summed E-state index contributed by atoms with van der Waals surface area (Å²) in [5.74, 6) is 0.943. The fourth-order valence-corrected chi connectivity index (χ4v) is 3.70. The van der Waals surface area contributed by atoms with Gasteiger partial charge in [0.15, 0.2) is 0 Å². The van der Waals surface area contributed by atoms with Gasteiger partial charge in [-0.15, -0.1) is 0 Å². The van der Waals surface area contributed by atoms with Crippen molar-refractivity contribution >= 4 is 0 Å². The van der Waals surface area contributed by atoms with Crippen molar-refractivity contribution in [2.75, 3.05) is 39.8 Å². The second-order valence-electron chi connectivity index (χ2n) is 7.84. The van der Waals surface area contributed by atoms with Crippen molar-refractivity contribution in [1.82, 2.24) is 24.3 Å². The Morgan fingerprint density at radius 3 is 2.48 bits per heavy atom. The van der Waals surface area contributed by atoms with Gasteiger partial charge in [0.2, 0.25) is 0 Å². The van der Waals surface area contributed by atoms with Crippen LogP contribution in [0.25, 0.3) is 0 Å². The van der Waals surface area contributed by atoms with E-state index in [9.17, 15) is 4.79 Å². The maximum Gasteiger partial charge on any atom is 0.253 e. The van der Waals surface area contributed by atoms with Gasteiger partial charge in [0.05, 0.1) is 12.2 Å². The molecule has 1 aromatic heterocycles. The van der Waals surface area contributed by atoms with E-state index in [2.05, 4.69) is 35.6 Å². The SMILES string of the molecule is CC(C)N(C)Cc1cc(=O)n2c(n1)CN(CCN1CCCC1)CCC2. The van der Waals surface area contributed by atoms with Crippen molar-refractivity contribution in [3.63, 3.8) is 0 Å². The molecule has 1 saturated heterocycles. The largest absolute Gasteiger partial charge is 0.302 e. The van der Waals surface area contributed by atoms with Gasteiger partial charge in [-0.1, -0.05) is 0 Å². The molecule has 0 saturated carbocycles. The number of nitrogens with zero attached hydrogens (tertiary/aromatic N) is 5. The van der Waals surface area contributed by atoms with Gasteiger partial charge in [0, 0.05) is 44.8 Å². The minimum absolute atomic E-state index is 0.110. The van der Waals surface area contributed by atoms with Crippen LogP contribution in [0.5, 0.6) is 0 Å². The summed E-state index contributed by atoms with van der Waals surface area (Å²) in [5, 5.41) is 0. The number of aromatic nitrogens is 2. The third kappa shape index (κ3) is 4.90. The molecule has 140 valence electrons. The quantitative estimate of drug-likeness (QED) is 0.778. The number of hydrogen-bond acceptors (Lipinski definition) is 5. The van der Waals surface area contributed by atoms with Gasteiger partial charge >= 0.3 is 0 Å². The Hall–Kier alpha value is -1.24. The maximum atomic E-state index is 12.5. The number of hydrogen-bond donors (Lipinski definition) is 0. The molecule has 3 rings (SSSR count). The third-order valence-corrected chi connectivity index (χ3v) is 5.59. The molecule has 3 heterocycles. The first-order valence-corrected chi connectivity index (χ1v) is 9.77. The van der Waals surface area contributed by atoms with Crippen LogP contribution in [-0.4, -0.2) is 70.1 Å². The van der Waals surface area contributed by atoms with Crippen LogP contribution >= 0.6 is 0 Å². The first-order chi connectivity index (χ1) is 12.0. The van der Waals surface area contributed by atoms with Crippen molar-refractivity contribution in [1.29, 1.82) is 0 Å². The highest BCUT2D eigenvalue weighted by Gasteiger charge is 2.19. The van der Waals surface area contributed by atoms with Crippen LogP contribution in [0, 0.1) is 0 Å². The molecular formula is C19H33N5O. The predicted molar refractivity (Wildman–Crippen MR) is 101 cm³/mol. The number of rotatable bonds is 6. The van der Waals surface area contributed by atoms with Gasteiger partial charge in [-0.3, -0.25) is 19.2 Å². The maximum absolute atomic E-state index is 12.5. The van der Waals surface area contributed by atoms with Gasteiger partial charge in [0.25, 0.3) is 5.56 Å². The van der Waals surface area contributed by atoms with Crippen molar-refractivity contribution < 1.29 is 0 Å². The van der Waals surface area contributed by atoms with Crippen molar-refractivity contribution in [3.8, 4) is 0 Å². The lowest BCUT2D eigenvalue weighted by molar-refractivity contribution is 0.218. The molecule has 0 N–H and O–H groups in total. The third-order valence-electron chi connectivity index (χ3n) is 5.59. The lowest BCUT2D eigenvalue weighted by atomic mass is 10.3. The molecule has 6 heteroatoms. The second-order valence-corrected chi connectivity index (χ2v) is 7.84. The zero-order valence-corrected chi connectivity index (χ0v) is 16.1. The Bertz CT molecular complexity index is 621. The second kappa shape index (κ2) is 8.43. The lowest BCUT2D eigenvalue weighted by Gasteiger charge is -2.24. The highest BCUT2D eigenvalue weighted by Crippen LogP contribution is 2.12. The van der Waals surface area contributed by atoms with Crippen LogP contribution in [0.2, 0.25) is 0 Å². The zero-order valence-electron chi connectivity index (χ0n) is 16.1. The average Bonchev–Trinajstić information content (AvgIpc) is 2.99. The molecule has 0 amide bonds. The topological polar surface area (TPSA) is 44.6 Å². The van der Waals surface area contributed by atoms with E-state index in [1.54, 1.807) is 6.07 Å². The van der Waals surface area contributed by atoms with E-state index in [0.29, 0.717) is 6.04 Å². The lowest BCUT2D eigenvalue weighted by Crippen LogP contribution is -2.34. The molecule has 1 fully saturated rings. The van der Waals surface area contributed by atoms with Crippen LogP contribution in [-0.2, 0) is 19.6 Å². The van der Waals surface area contributed by atoms with Crippen LogP contribution in [0.4, 0.5) is 0 Å². The molecule has 2 aliphatic rings. The number of fused-ring (bicyclic) bond motifs is 1. The molecule has 0 aliphatic carbocycles. The standard InChI is InChI=1S/C19H33N5O/c1-16(2)21(3)14-17-13-19(25)24-10-6-9-23(15-18(24)20-17)12-11-22-7-4-5-8-22/h13,16H,4-12,14-15H2,1-3H3. The van der Waals surface area contributed by atoms with Gasteiger partial charge in [-0.05, 0) is 53.2 Å². The van der Waals surface area contributed by atoms with Gasteiger partial charge in [0.1, 0.15) is 5.82 Å². The Balaban J connectivity index is 1.69. The van der Waals surface area contributed by atoms with E-state index < -0.39 is 0 Å². The highest BCUT2D eigenvalue weighted by molar-refractivity contribution is 5.06. The molecule has 6 nitrogen and oxygen atoms in total. The van der Waals surface area contributed by atoms with Gasteiger partial charge in [-0.2, -0.15) is 0 Å². The summed E-state index contributed by atoms with van der Waals surface area (Å²) < 4.78 is 1.88. The Morgan fingerprint density at radius 1 is 1.08 bits per heavy atom. The summed E-state index contributed by atoms with van der Waals surface area (Å²) in [4.78, 5) is 24.6. The first-order valence-electron chi connectivity index (χ1n) is 9.77. The summed E-state index contributed by atoms with van der Waals surface area (Å²) in [6.45, 7) is 12.4. The fourth-order valence-electron chi connectivity index (χ4n) is 3.70. The van der Waals surface area contributed by atoms with Crippen molar-refractivity contribution in [3.05, 3.63) is 27.9 Å². The average molecular weight is 348 g/mol. The molecule has 0 radical (unpaired) electrons. The summed E-state index contributed by atoms with van der Waals surface area (Å²) in [7, 11) is 2.08. The molecule has 0 aromatic carbocycles. The summed E-state index contributed by atoms with van der Waals surface area (Å²) in [6.07, 6.45) is 3.71. The molecule has 25 heavy (non-hydrogen) atoms. The van der Waals surface area contributed by atoms with Gasteiger partial charge in [-0.25, -0.2) is 4.98 Å². The summed E-state index contributed by atoms with van der Waals surface area (Å²) >= 11 is 0. The number of likely N-dealkylation sites (tertiary alicyclic amines) is 1. The minimum Gasteiger partial charge on any atom is -0.302 e. The van der Waals surface area contributed by atoms with E-state index in [1.807, 2.05) is 4.57 Å². The first kappa shape index (κ1) is 18.5. The minimum atomic E-state index is 0.110. The van der Waals surface area contributed by atoms with E-state index in [0.717, 1.165) is 57.2 Å². The Labute approximate surface area is 151 Å². The van der Waals surface area contributed by atoms with Crippen molar-refractivity contribution in [2.45, 2.75) is 58.8 Å². The van der Waals surface area contributed by atoms with E-state index >= 15 is 0 Å². The molecule has 0 atom stereocenters. The van der Waals surface area contributed by atoms with E-state index in [-0.39, 0.29) is 5.56 Å². The molecule has 0 bridgehead atoms. The molecule has 0 unspecified atom stereocenters. The normalized spacial score (nSPS) is 19.6. The highest BCUT2D eigenvalue weighted by atomic mass is 16.1. The molecule has 2 aliphatic heterocycles. The van der Waals surface area contributed by atoms with Crippen LogP contribution in [0.1, 0.15) is 44.6 Å². The molecule has 1 aromatic rings. The summed E-state index contributed by atoms with van der Waals surface area (Å²) in [6, 6.07) is 2.17. The van der Waals surface area contributed by atoms with Crippen LogP contribution in [0.15, 0.2) is 10.9 Å². The Morgan fingerprint density at radius 2 is 1.76 bits per heavy atom. The van der Waals surface area contributed by atoms with Crippen molar-refractivity contribution in [2.24, 2.45) is 0 Å². The zero-order chi connectivity index (χ0) is 17.8. The monoisotopic (exact) mass is 347 g/mol. The van der Waals surface area contributed by atoms with Crippen LogP contribution in [0.3, 0.4) is 0 Å². The predicted octanol–water partition coefficient (Wildman–Crippen LogP) is 1.39. The smallest absolute Gasteiger partial charge is 0.253 e. The fraction of sp³-hybridized carbons (Fsp3) is 0.789.